The second kappa shape index (κ2) is 5.26. The Hall–Kier alpha value is -2.86. The number of fused-ring (bicyclic) bond motifs is 1. The van der Waals surface area contributed by atoms with Crippen LogP contribution in [0.3, 0.4) is 0 Å². The monoisotopic (exact) mass is 284 g/mol. The number of benzene rings is 1. The Morgan fingerprint density at radius 1 is 1.19 bits per heavy atom. The molecular formula is C15H12N2O4. The second-order valence-electron chi connectivity index (χ2n) is 4.43. The molecule has 106 valence electrons. The van der Waals surface area contributed by atoms with Gasteiger partial charge in [-0.15, -0.1) is 0 Å². The van der Waals surface area contributed by atoms with Crippen LogP contribution < -0.4 is 4.74 Å². The predicted octanol–water partition coefficient (Wildman–Crippen LogP) is 2.85. The van der Waals surface area contributed by atoms with Crippen molar-refractivity contribution >= 4 is 17.0 Å². The standard InChI is InChI=1S/C15H12N2O4/c18-9-11-8-13(3-5-16-11)21-12-1-2-14-10(7-12)4-6-17(14)15(19)20/h1-8,18H,9H2,(H,19,20). The average Bonchev–Trinajstić information content (AvgIpc) is 2.90. The zero-order chi connectivity index (χ0) is 14.8. The van der Waals surface area contributed by atoms with Crippen LogP contribution in [-0.2, 0) is 6.61 Å². The summed E-state index contributed by atoms with van der Waals surface area (Å²) < 4.78 is 6.84. The highest BCUT2D eigenvalue weighted by Gasteiger charge is 2.08. The fourth-order valence-corrected chi connectivity index (χ4v) is 2.09. The van der Waals surface area contributed by atoms with Crippen LogP contribution >= 0.6 is 0 Å². The van der Waals surface area contributed by atoms with Gasteiger partial charge >= 0.3 is 6.09 Å². The number of carbonyl (C=O) groups is 1. The van der Waals surface area contributed by atoms with Crippen molar-refractivity contribution in [3.8, 4) is 11.5 Å². The van der Waals surface area contributed by atoms with Crippen LogP contribution in [0.4, 0.5) is 4.79 Å². The lowest BCUT2D eigenvalue weighted by Gasteiger charge is -2.07. The van der Waals surface area contributed by atoms with Crippen molar-refractivity contribution in [3.05, 3.63) is 54.5 Å². The maximum Gasteiger partial charge on any atom is 0.415 e. The van der Waals surface area contributed by atoms with Crippen LogP contribution in [0.15, 0.2) is 48.8 Å². The third-order valence-electron chi connectivity index (χ3n) is 3.05. The minimum Gasteiger partial charge on any atom is -0.464 e. The van der Waals surface area contributed by atoms with E-state index >= 15 is 0 Å². The van der Waals surface area contributed by atoms with E-state index in [0.29, 0.717) is 22.7 Å². The van der Waals surface area contributed by atoms with Crippen molar-refractivity contribution in [2.24, 2.45) is 0 Å². The van der Waals surface area contributed by atoms with E-state index in [1.54, 1.807) is 42.6 Å². The number of hydrogen-bond donors (Lipinski definition) is 2. The summed E-state index contributed by atoms with van der Waals surface area (Å²) in [6.45, 7) is -0.155. The Bertz CT molecular complexity index is 810. The number of aliphatic hydroxyl groups excluding tert-OH is 1. The molecule has 0 fully saturated rings. The number of rotatable bonds is 3. The van der Waals surface area contributed by atoms with Crippen molar-refractivity contribution in [3.63, 3.8) is 0 Å². The molecule has 1 aromatic carbocycles. The van der Waals surface area contributed by atoms with Gasteiger partial charge in [0.25, 0.3) is 0 Å². The maximum absolute atomic E-state index is 11.0. The zero-order valence-corrected chi connectivity index (χ0v) is 10.9. The van der Waals surface area contributed by atoms with Crippen molar-refractivity contribution in [2.45, 2.75) is 6.61 Å². The van der Waals surface area contributed by atoms with Crippen molar-refractivity contribution < 1.29 is 19.7 Å². The third-order valence-corrected chi connectivity index (χ3v) is 3.05. The van der Waals surface area contributed by atoms with E-state index < -0.39 is 6.09 Å². The minimum absolute atomic E-state index is 0.155. The highest BCUT2D eigenvalue weighted by atomic mass is 16.5. The molecule has 21 heavy (non-hydrogen) atoms. The third kappa shape index (κ3) is 2.56. The SMILES string of the molecule is O=C(O)n1ccc2cc(Oc3ccnc(CO)c3)ccc21. The topological polar surface area (TPSA) is 84.6 Å². The Morgan fingerprint density at radius 2 is 2.00 bits per heavy atom. The lowest BCUT2D eigenvalue weighted by Crippen LogP contribution is -2.05. The van der Waals surface area contributed by atoms with E-state index in [1.165, 1.54) is 6.20 Å². The molecule has 6 heteroatoms. The Morgan fingerprint density at radius 3 is 2.76 bits per heavy atom. The fourth-order valence-electron chi connectivity index (χ4n) is 2.09. The van der Waals surface area contributed by atoms with E-state index in [2.05, 4.69) is 4.98 Å². The van der Waals surface area contributed by atoms with Crippen LogP contribution in [-0.4, -0.2) is 25.9 Å². The number of aromatic nitrogens is 2. The summed E-state index contributed by atoms with van der Waals surface area (Å²) in [5, 5.41) is 18.9. The lowest BCUT2D eigenvalue weighted by molar-refractivity contribution is 0.197. The van der Waals surface area contributed by atoms with E-state index in [1.807, 2.05) is 0 Å². The number of ether oxygens (including phenoxy) is 1. The number of nitrogens with zero attached hydrogens (tertiary/aromatic N) is 2. The average molecular weight is 284 g/mol. The molecule has 0 saturated carbocycles. The number of pyridine rings is 1. The van der Waals surface area contributed by atoms with Gasteiger partial charge in [0.2, 0.25) is 0 Å². The van der Waals surface area contributed by atoms with Crippen LogP contribution in [0.2, 0.25) is 0 Å². The molecular weight excluding hydrogens is 272 g/mol. The van der Waals surface area contributed by atoms with Gasteiger partial charge in [0, 0.05) is 23.8 Å². The van der Waals surface area contributed by atoms with Gasteiger partial charge in [0.15, 0.2) is 0 Å². The molecule has 2 heterocycles. The molecule has 0 bridgehead atoms. The van der Waals surface area contributed by atoms with Crippen LogP contribution in [0.5, 0.6) is 11.5 Å². The molecule has 3 rings (SSSR count). The fraction of sp³-hybridized carbons (Fsp3) is 0.0667. The molecule has 0 spiro atoms. The summed E-state index contributed by atoms with van der Waals surface area (Å²) in [5.41, 5.74) is 1.12. The normalized spacial score (nSPS) is 10.7. The minimum atomic E-state index is -1.03. The lowest BCUT2D eigenvalue weighted by atomic mass is 10.2. The Balaban J connectivity index is 1.92. The number of aliphatic hydroxyl groups is 1. The largest absolute Gasteiger partial charge is 0.464 e. The van der Waals surface area contributed by atoms with Gasteiger partial charge in [-0.05, 0) is 30.3 Å². The Labute approximate surface area is 119 Å². The summed E-state index contributed by atoms with van der Waals surface area (Å²) in [4.78, 5) is 15.0. The van der Waals surface area contributed by atoms with E-state index in [-0.39, 0.29) is 6.61 Å². The van der Waals surface area contributed by atoms with Gasteiger partial charge in [0.05, 0.1) is 17.8 Å². The molecule has 6 nitrogen and oxygen atoms in total. The summed E-state index contributed by atoms with van der Waals surface area (Å²) >= 11 is 0. The number of carboxylic acid groups (broad SMARTS) is 1. The van der Waals surface area contributed by atoms with E-state index in [0.717, 1.165) is 9.95 Å². The van der Waals surface area contributed by atoms with Gasteiger partial charge in [0.1, 0.15) is 11.5 Å². The smallest absolute Gasteiger partial charge is 0.415 e. The highest BCUT2D eigenvalue weighted by molar-refractivity contribution is 5.89. The highest BCUT2D eigenvalue weighted by Crippen LogP contribution is 2.26. The van der Waals surface area contributed by atoms with E-state index in [4.69, 9.17) is 14.9 Å². The molecule has 0 amide bonds. The summed E-state index contributed by atoms with van der Waals surface area (Å²) in [6.07, 6.45) is 2.02. The van der Waals surface area contributed by atoms with Gasteiger partial charge in [-0.25, -0.2) is 4.79 Å². The van der Waals surface area contributed by atoms with Gasteiger partial charge in [-0.1, -0.05) is 0 Å². The molecule has 2 N–H and O–H groups in total. The van der Waals surface area contributed by atoms with Crippen molar-refractivity contribution in [2.75, 3.05) is 0 Å². The molecule has 0 atom stereocenters. The van der Waals surface area contributed by atoms with Gasteiger partial charge in [-0.2, -0.15) is 0 Å². The maximum atomic E-state index is 11.0. The molecule has 0 unspecified atom stereocenters. The Kier molecular flexibility index (Phi) is 3.29. The first-order valence-corrected chi connectivity index (χ1v) is 6.25. The van der Waals surface area contributed by atoms with Crippen molar-refractivity contribution in [1.29, 1.82) is 0 Å². The summed E-state index contributed by atoms with van der Waals surface area (Å²) in [7, 11) is 0. The molecule has 0 aliphatic heterocycles. The van der Waals surface area contributed by atoms with Crippen LogP contribution in [0.25, 0.3) is 10.9 Å². The molecule has 0 aliphatic carbocycles. The van der Waals surface area contributed by atoms with Gasteiger partial charge in [-0.3, -0.25) is 9.55 Å². The molecule has 0 radical (unpaired) electrons. The molecule has 3 aromatic rings. The number of hydrogen-bond acceptors (Lipinski definition) is 4. The van der Waals surface area contributed by atoms with Crippen molar-refractivity contribution in [1.82, 2.24) is 9.55 Å². The molecule has 2 aromatic heterocycles. The molecule has 0 saturated heterocycles. The van der Waals surface area contributed by atoms with E-state index in [9.17, 15) is 4.79 Å². The second-order valence-corrected chi connectivity index (χ2v) is 4.43. The van der Waals surface area contributed by atoms with Gasteiger partial charge < -0.3 is 14.9 Å². The summed E-state index contributed by atoms with van der Waals surface area (Å²) in [6, 6.07) is 10.2. The van der Waals surface area contributed by atoms with Crippen LogP contribution in [0.1, 0.15) is 5.69 Å². The zero-order valence-electron chi connectivity index (χ0n) is 10.9. The first kappa shape index (κ1) is 13.1. The summed E-state index contributed by atoms with van der Waals surface area (Å²) in [5.74, 6) is 1.15. The quantitative estimate of drug-likeness (QED) is 0.772. The molecule has 0 aliphatic rings. The van der Waals surface area contributed by atoms with Crippen LogP contribution in [0, 0.1) is 0 Å². The first-order chi connectivity index (χ1) is 10.2. The first-order valence-electron chi connectivity index (χ1n) is 6.25. The predicted molar refractivity (Wildman–Crippen MR) is 75.6 cm³/mol.